The standard InChI is InChI=1S/C11H17N3O/c1-4-11(15)6-14(7-11)10-5-8(2)12-9(3)13-10/h5,15H,4,6-7H2,1-3H3. The van der Waals surface area contributed by atoms with Crippen LogP contribution in [0.25, 0.3) is 0 Å². The second kappa shape index (κ2) is 3.45. The van der Waals surface area contributed by atoms with Gasteiger partial charge in [0, 0.05) is 24.8 Å². The van der Waals surface area contributed by atoms with Gasteiger partial charge in [0.25, 0.3) is 0 Å². The summed E-state index contributed by atoms with van der Waals surface area (Å²) in [5, 5.41) is 9.90. The Morgan fingerprint density at radius 3 is 2.60 bits per heavy atom. The van der Waals surface area contributed by atoms with Gasteiger partial charge in [0.05, 0.1) is 5.60 Å². The van der Waals surface area contributed by atoms with Crippen molar-refractivity contribution < 1.29 is 5.11 Å². The van der Waals surface area contributed by atoms with Gasteiger partial charge in [-0.1, -0.05) is 6.92 Å². The second-order valence-electron chi connectivity index (χ2n) is 4.35. The average Bonchev–Trinajstić information content (AvgIpc) is 2.11. The van der Waals surface area contributed by atoms with E-state index in [0.29, 0.717) is 13.1 Å². The van der Waals surface area contributed by atoms with Crippen LogP contribution in [0.2, 0.25) is 0 Å². The Labute approximate surface area is 90.0 Å². The van der Waals surface area contributed by atoms with Crippen LogP contribution in [0.5, 0.6) is 0 Å². The van der Waals surface area contributed by atoms with Crippen molar-refractivity contribution in [2.45, 2.75) is 32.8 Å². The van der Waals surface area contributed by atoms with Crippen LogP contribution < -0.4 is 4.90 Å². The summed E-state index contributed by atoms with van der Waals surface area (Å²) < 4.78 is 0. The molecule has 0 radical (unpaired) electrons. The number of aryl methyl sites for hydroxylation is 2. The molecule has 4 heteroatoms. The van der Waals surface area contributed by atoms with Gasteiger partial charge in [0.2, 0.25) is 0 Å². The fraction of sp³-hybridized carbons (Fsp3) is 0.636. The molecule has 1 aromatic rings. The molecule has 0 saturated carbocycles. The third kappa shape index (κ3) is 1.95. The molecule has 82 valence electrons. The first-order chi connectivity index (χ1) is 7.02. The highest BCUT2D eigenvalue weighted by molar-refractivity contribution is 5.44. The first-order valence-corrected chi connectivity index (χ1v) is 5.32. The molecule has 1 fully saturated rings. The van der Waals surface area contributed by atoms with Crippen molar-refractivity contribution in [3.8, 4) is 0 Å². The van der Waals surface area contributed by atoms with Crippen LogP contribution in [-0.4, -0.2) is 33.8 Å². The summed E-state index contributed by atoms with van der Waals surface area (Å²) >= 11 is 0. The first kappa shape index (κ1) is 10.4. The van der Waals surface area contributed by atoms with E-state index >= 15 is 0 Å². The maximum atomic E-state index is 9.90. The summed E-state index contributed by atoms with van der Waals surface area (Å²) in [7, 11) is 0. The molecule has 0 aromatic carbocycles. The second-order valence-corrected chi connectivity index (χ2v) is 4.35. The number of anilines is 1. The Morgan fingerprint density at radius 2 is 2.07 bits per heavy atom. The summed E-state index contributed by atoms with van der Waals surface area (Å²) in [5.74, 6) is 1.72. The largest absolute Gasteiger partial charge is 0.386 e. The Kier molecular flexibility index (Phi) is 2.38. The molecule has 2 heterocycles. The number of nitrogens with zero attached hydrogens (tertiary/aromatic N) is 3. The van der Waals surface area contributed by atoms with Crippen molar-refractivity contribution in [2.75, 3.05) is 18.0 Å². The van der Waals surface area contributed by atoms with Crippen molar-refractivity contribution in [3.05, 3.63) is 17.6 Å². The molecule has 15 heavy (non-hydrogen) atoms. The predicted octanol–water partition coefficient (Wildman–Crippen LogP) is 1.05. The minimum atomic E-state index is -0.507. The molecule has 1 aromatic heterocycles. The van der Waals surface area contributed by atoms with Gasteiger partial charge in [0.15, 0.2) is 0 Å². The lowest BCUT2D eigenvalue weighted by molar-refractivity contribution is 0.00802. The molecule has 0 amide bonds. The average molecular weight is 207 g/mol. The number of hydrogen-bond donors (Lipinski definition) is 1. The van der Waals surface area contributed by atoms with Crippen LogP contribution in [-0.2, 0) is 0 Å². The quantitative estimate of drug-likeness (QED) is 0.787. The van der Waals surface area contributed by atoms with Gasteiger partial charge in [-0.2, -0.15) is 0 Å². The van der Waals surface area contributed by atoms with Crippen LogP contribution in [0, 0.1) is 13.8 Å². The van der Waals surface area contributed by atoms with E-state index in [-0.39, 0.29) is 0 Å². The van der Waals surface area contributed by atoms with Gasteiger partial charge in [-0.25, -0.2) is 9.97 Å². The maximum absolute atomic E-state index is 9.90. The highest BCUT2D eigenvalue weighted by Gasteiger charge is 2.40. The zero-order valence-corrected chi connectivity index (χ0v) is 9.49. The highest BCUT2D eigenvalue weighted by Crippen LogP contribution is 2.28. The molecule has 2 rings (SSSR count). The van der Waals surface area contributed by atoms with Crippen LogP contribution in [0.15, 0.2) is 6.07 Å². The van der Waals surface area contributed by atoms with Crippen molar-refractivity contribution in [2.24, 2.45) is 0 Å². The Morgan fingerprint density at radius 1 is 1.40 bits per heavy atom. The fourth-order valence-electron chi connectivity index (χ4n) is 1.91. The van der Waals surface area contributed by atoms with Gasteiger partial charge in [-0.05, 0) is 20.3 Å². The van der Waals surface area contributed by atoms with Gasteiger partial charge in [0.1, 0.15) is 11.6 Å². The van der Waals surface area contributed by atoms with E-state index in [0.717, 1.165) is 23.8 Å². The molecule has 0 bridgehead atoms. The molecule has 1 saturated heterocycles. The summed E-state index contributed by atoms with van der Waals surface area (Å²) in [4.78, 5) is 10.7. The van der Waals surface area contributed by atoms with E-state index in [1.54, 1.807) is 0 Å². The Balaban J connectivity index is 2.13. The Bertz CT molecular complexity index is 352. The monoisotopic (exact) mass is 207 g/mol. The van der Waals surface area contributed by atoms with Crippen molar-refractivity contribution in [1.29, 1.82) is 0 Å². The molecule has 1 aliphatic rings. The van der Waals surface area contributed by atoms with Crippen molar-refractivity contribution in [1.82, 2.24) is 9.97 Å². The summed E-state index contributed by atoms with van der Waals surface area (Å²) in [6.07, 6.45) is 0.798. The van der Waals surface area contributed by atoms with E-state index < -0.39 is 5.60 Å². The van der Waals surface area contributed by atoms with E-state index in [2.05, 4.69) is 14.9 Å². The molecule has 1 N–H and O–H groups in total. The SMILES string of the molecule is CCC1(O)CN(c2cc(C)nc(C)n2)C1. The minimum absolute atomic E-state index is 0.507. The van der Waals surface area contributed by atoms with Gasteiger partial charge >= 0.3 is 0 Å². The van der Waals surface area contributed by atoms with Crippen LogP contribution in [0.1, 0.15) is 24.9 Å². The molecular formula is C11H17N3O. The molecule has 4 nitrogen and oxygen atoms in total. The number of aliphatic hydroxyl groups is 1. The Hall–Kier alpha value is -1.16. The summed E-state index contributed by atoms with van der Waals surface area (Å²) in [6.45, 7) is 7.22. The van der Waals surface area contributed by atoms with Crippen LogP contribution in [0.4, 0.5) is 5.82 Å². The summed E-state index contributed by atoms with van der Waals surface area (Å²) in [5.41, 5.74) is 0.469. The van der Waals surface area contributed by atoms with Gasteiger partial charge in [-0.3, -0.25) is 0 Å². The zero-order valence-electron chi connectivity index (χ0n) is 9.49. The van der Waals surface area contributed by atoms with Crippen LogP contribution >= 0.6 is 0 Å². The number of β-amino-alcohol motifs (C(OH)–C–C–N with tert-alkyl or cyclic N) is 1. The number of rotatable bonds is 2. The van der Waals surface area contributed by atoms with E-state index in [1.807, 2.05) is 26.8 Å². The normalized spacial score (nSPS) is 18.8. The topological polar surface area (TPSA) is 49.2 Å². The van der Waals surface area contributed by atoms with Gasteiger partial charge < -0.3 is 10.0 Å². The fourth-order valence-corrected chi connectivity index (χ4v) is 1.91. The molecule has 0 spiro atoms. The van der Waals surface area contributed by atoms with Crippen LogP contribution in [0.3, 0.4) is 0 Å². The number of hydrogen-bond acceptors (Lipinski definition) is 4. The molecule has 0 aliphatic carbocycles. The summed E-state index contributed by atoms with van der Waals surface area (Å²) in [6, 6.07) is 1.96. The van der Waals surface area contributed by atoms with Gasteiger partial charge in [-0.15, -0.1) is 0 Å². The van der Waals surface area contributed by atoms with E-state index in [9.17, 15) is 5.11 Å². The lowest BCUT2D eigenvalue weighted by atomic mass is 9.91. The third-order valence-electron chi connectivity index (χ3n) is 2.90. The predicted molar refractivity (Wildman–Crippen MR) is 59.0 cm³/mol. The van der Waals surface area contributed by atoms with E-state index in [4.69, 9.17) is 0 Å². The third-order valence-corrected chi connectivity index (χ3v) is 2.90. The minimum Gasteiger partial charge on any atom is -0.386 e. The van der Waals surface area contributed by atoms with Crippen molar-refractivity contribution >= 4 is 5.82 Å². The molecule has 1 aliphatic heterocycles. The lowest BCUT2D eigenvalue weighted by Gasteiger charge is -2.46. The molecule has 0 unspecified atom stereocenters. The smallest absolute Gasteiger partial charge is 0.132 e. The zero-order chi connectivity index (χ0) is 11.1. The highest BCUT2D eigenvalue weighted by atomic mass is 16.3. The maximum Gasteiger partial charge on any atom is 0.132 e. The van der Waals surface area contributed by atoms with E-state index in [1.165, 1.54) is 0 Å². The van der Waals surface area contributed by atoms with Crippen molar-refractivity contribution in [3.63, 3.8) is 0 Å². The first-order valence-electron chi connectivity index (χ1n) is 5.32. The molecule has 0 atom stereocenters. The molecular weight excluding hydrogens is 190 g/mol. The lowest BCUT2D eigenvalue weighted by Crippen LogP contribution is -2.61. The number of aromatic nitrogens is 2.